The average Bonchev–Trinajstić information content (AvgIpc) is 2.88. The zero-order valence-electron chi connectivity index (χ0n) is 11.9. The van der Waals surface area contributed by atoms with Crippen LogP contribution in [0.4, 0.5) is 16.2 Å². The maximum absolute atomic E-state index is 13.4. The van der Waals surface area contributed by atoms with Gasteiger partial charge < -0.3 is 20.7 Å². The van der Waals surface area contributed by atoms with E-state index in [1.54, 1.807) is 7.05 Å². The molecule has 7 nitrogen and oxygen atoms in total. The van der Waals surface area contributed by atoms with Crippen molar-refractivity contribution in [2.75, 3.05) is 24.3 Å². The minimum atomic E-state index is -0.503. The van der Waals surface area contributed by atoms with E-state index in [-0.39, 0.29) is 29.9 Å². The molecule has 0 radical (unpaired) electrons. The quantitative estimate of drug-likeness (QED) is 0.743. The fraction of sp³-hybridized carbons (Fsp3) is 0.615. The predicted octanol–water partition coefficient (Wildman–Crippen LogP) is 0.361. The van der Waals surface area contributed by atoms with Crippen LogP contribution in [-0.2, 0) is 9.53 Å². The summed E-state index contributed by atoms with van der Waals surface area (Å²) in [5.41, 5.74) is 0. The summed E-state index contributed by atoms with van der Waals surface area (Å²) in [5, 5.41) is 8.75. The topological polar surface area (TPSA) is 88.2 Å². The van der Waals surface area contributed by atoms with E-state index < -0.39 is 5.82 Å². The summed E-state index contributed by atoms with van der Waals surface area (Å²) in [6.07, 6.45) is 2.09. The van der Waals surface area contributed by atoms with Gasteiger partial charge >= 0.3 is 0 Å². The van der Waals surface area contributed by atoms with Gasteiger partial charge in [0.1, 0.15) is 0 Å². The van der Waals surface area contributed by atoms with Gasteiger partial charge in [-0.25, -0.2) is 9.37 Å². The molecule has 2 heterocycles. The van der Waals surface area contributed by atoms with Gasteiger partial charge in [0.05, 0.1) is 24.4 Å². The Bertz CT molecular complexity index is 555. The van der Waals surface area contributed by atoms with E-state index in [1.807, 2.05) is 0 Å². The first-order valence-electron chi connectivity index (χ1n) is 6.95. The highest BCUT2D eigenvalue weighted by molar-refractivity contribution is 5.73. The van der Waals surface area contributed by atoms with Crippen molar-refractivity contribution in [2.45, 2.75) is 31.5 Å². The number of fused-ring (bicyclic) bond motifs is 1. The molecule has 0 unspecified atom stereocenters. The van der Waals surface area contributed by atoms with Crippen LogP contribution in [0.25, 0.3) is 0 Å². The van der Waals surface area contributed by atoms with Gasteiger partial charge in [-0.3, -0.25) is 4.79 Å². The molecule has 2 fully saturated rings. The van der Waals surface area contributed by atoms with Crippen molar-refractivity contribution in [1.29, 1.82) is 0 Å². The molecule has 3 rings (SSSR count). The molecule has 2 aliphatic rings. The summed E-state index contributed by atoms with van der Waals surface area (Å²) in [5.74, 6) is 0.191. The largest absolute Gasteiger partial charge is 0.376 e. The Morgan fingerprint density at radius 2 is 2.29 bits per heavy atom. The number of aromatic nitrogens is 2. The molecule has 4 atom stereocenters. The number of hydrogen-bond acceptors (Lipinski definition) is 6. The number of carbonyl (C=O) groups is 1. The van der Waals surface area contributed by atoms with Gasteiger partial charge in [0.25, 0.3) is 0 Å². The second-order valence-electron chi connectivity index (χ2n) is 5.32. The van der Waals surface area contributed by atoms with Crippen LogP contribution in [0.2, 0.25) is 0 Å². The van der Waals surface area contributed by atoms with E-state index in [0.29, 0.717) is 18.5 Å². The Labute approximate surface area is 121 Å². The lowest BCUT2D eigenvalue weighted by atomic mass is 9.71. The number of halogens is 1. The summed E-state index contributed by atoms with van der Waals surface area (Å²) in [4.78, 5) is 19.3. The minimum absolute atomic E-state index is 0.00318. The predicted molar refractivity (Wildman–Crippen MR) is 74.4 cm³/mol. The Balaban J connectivity index is 1.74. The van der Waals surface area contributed by atoms with Crippen LogP contribution in [0.5, 0.6) is 0 Å². The Morgan fingerprint density at radius 3 is 3.00 bits per heavy atom. The fourth-order valence-corrected chi connectivity index (χ4v) is 3.07. The smallest absolute Gasteiger partial charge is 0.225 e. The molecule has 0 spiro atoms. The van der Waals surface area contributed by atoms with Crippen LogP contribution >= 0.6 is 0 Å². The summed E-state index contributed by atoms with van der Waals surface area (Å²) in [6, 6.07) is -0.113. The van der Waals surface area contributed by atoms with E-state index in [9.17, 15) is 9.18 Å². The van der Waals surface area contributed by atoms with Crippen LogP contribution in [0.15, 0.2) is 6.20 Å². The Hall–Kier alpha value is -1.96. The minimum Gasteiger partial charge on any atom is -0.376 e. The molecule has 0 aromatic carbocycles. The average molecular weight is 295 g/mol. The van der Waals surface area contributed by atoms with Gasteiger partial charge in [-0.2, -0.15) is 4.98 Å². The molecule has 1 amide bonds. The Morgan fingerprint density at radius 1 is 1.48 bits per heavy atom. The molecule has 21 heavy (non-hydrogen) atoms. The van der Waals surface area contributed by atoms with Crippen molar-refractivity contribution in [3.8, 4) is 0 Å². The first-order valence-corrected chi connectivity index (χ1v) is 6.95. The molecular formula is C13H18FN5O2. The summed E-state index contributed by atoms with van der Waals surface area (Å²) in [7, 11) is 1.60. The maximum Gasteiger partial charge on any atom is 0.225 e. The maximum atomic E-state index is 13.4. The number of nitrogens with one attached hydrogen (secondary N) is 3. The fourth-order valence-electron chi connectivity index (χ4n) is 3.07. The number of rotatable bonds is 4. The highest BCUT2D eigenvalue weighted by Crippen LogP contribution is 2.40. The van der Waals surface area contributed by atoms with Gasteiger partial charge in [-0.1, -0.05) is 0 Å². The van der Waals surface area contributed by atoms with E-state index in [1.165, 1.54) is 6.92 Å². The molecule has 1 saturated carbocycles. The Kier molecular flexibility index (Phi) is 3.62. The van der Waals surface area contributed by atoms with Crippen LogP contribution in [0, 0.1) is 11.7 Å². The number of carbonyl (C=O) groups excluding carboxylic acids is 1. The second kappa shape index (κ2) is 5.44. The molecule has 1 aliphatic heterocycles. The van der Waals surface area contributed by atoms with E-state index in [4.69, 9.17) is 4.74 Å². The van der Waals surface area contributed by atoms with Crippen LogP contribution in [-0.4, -0.2) is 47.7 Å². The normalized spacial score (nSPS) is 30.2. The zero-order valence-corrected chi connectivity index (χ0v) is 11.9. The number of ether oxygens (including phenoxy) is 1. The van der Waals surface area contributed by atoms with Gasteiger partial charge in [-0.05, 0) is 6.42 Å². The highest BCUT2D eigenvalue weighted by atomic mass is 19.1. The number of hydrogen-bond donors (Lipinski definition) is 3. The molecule has 8 heteroatoms. The number of anilines is 2. The van der Waals surface area contributed by atoms with Crippen LogP contribution in [0.3, 0.4) is 0 Å². The lowest BCUT2D eigenvalue weighted by molar-refractivity contribution is -0.123. The van der Waals surface area contributed by atoms with Crippen LogP contribution in [0.1, 0.15) is 13.3 Å². The van der Waals surface area contributed by atoms with Gasteiger partial charge in [-0.15, -0.1) is 0 Å². The van der Waals surface area contributed by atoms with E-state index in [0.717, 1.165) is 12.6 Å². The molecule has 1 aliphatic carbocycles. The van der Waals surface area contributed by atoms with Crippen molar-refractivity contribution in [1.82, 2.24) is 15.3 Å². The second-order valence-corrected chi connectivity index (χ2v) is 5.32. The third-order valence-corrected chi connectivity index (χ3v) is 4.03. The van der Waals surface area contributed by atoms with Gasteiger partial charge in [0.2, 0.25) is 11.9 Å². The third-order valence-electron chi connectivity index (χ3n) is 4.03. The highest BCUT2D eigenvalue weighted by Gasteiger charge is 2.54. The summed E-state index contributed by atoms with van der Waals surface area (Å²) < 4.78 is 19.0. The third kappa shape index (κ3) is 2.51. The van der Waals surface area contributed by atoms with Crippen molar-refractivity contribution in [2.24, 2.45) is 5.92 Å². The number of nitrogens with zero attached hydrogens (tertiary/aromatic N) is 2. The molecule has 1 saturated heterocycles. The first-order chi connectivity index (χ1) is 10.1. The van der Waals surface area contributed by atoms with Crippen molar-refractivity contribution in [3.05, 3.63) is 12.0 Å². The standard InChI is InChI=1S/C13H18FN5O2/c1-6(20)17-10-9(7-3-4-21-11(7)10)18-13-16-5-8(14)12(15-2)19-13/h5,7,9-11H,3-4H2,1-2H3,(H,17,20)(H2,15,16,18,19)/t7-,9+,10-,11-/m1/s1. The number of amides is 1. The molecule has 1 aromatic heterocycles. The van der Waals surface area contributed by atoms with Crippen molar-refractivity contribution >= 4 is 17.7 Å². The molecule has 1 aromatic rings. The lowest BCUT2D eigenvalue weighted by Gasteiger charge is -2.47. The lowest BCUT2D eigenvalue weighted by Crippen LogP contribution is -2.68. The summed E-state index contributed by atoms with van der Waals surface area (Å²) >= 11 is 0. The first kappa shape index (κ1) is 14.0. The van der Waals surface area contributed by atoms with E-state index in [2.05, 4.69) is 25.9 Å². The monoisotopic (exact) mass is 295 g/mol. The van der Waals surface area contributed by atoms with Crippen molar-refractivity contribution in [3.63, 3.8) is 0 Å². The molecular weight excluding hydrogens is 277 g/mol. The van der Waals surface area contributed by atoms with Crippen LogP contribution < -0.4 is 16.0 Å². The van der Waals surface area contributed by atoms with Gasteiger partial charge in [0.15, 0.2) is 11.6 Å². The molecule has 3 N–H and O–H groups in total. The SMILES string of the molecule is CNc1nc(N[C@H]2[C@H]3CCO[C@H]3[C@@H]2NC(C)=O)ncc1F. The molecule has 114 valence electrons. The zero-order chi connectivity index (χ0) is 15.0. The van der Waals surface area contributed by atoms with Gasteiger partial charge in [0, 0.05) is 26.5 Å². The molecule has 0 bridgehead atoms. The van der Waals surface area contributed by atoms with E-state index >= 15 is 0 Å². The van der Waals surface area contributed by atoms with Crippen molar-refractivity contribution < 1.29 is 13.9 Å². The summed E-state index contributed by atoms with van der Waals surface area (Å²) in [6.45, 7) is 2.17.